The first kappa shape index (κ1) is 12.5. The van der Waals surface area contributed by atoms with Crippen molar-refractivity contribution in [2.45, 2.75) is 60.5 Å². The van der Waals surface area contributed by atoms with Crippen molar-refractivity contribution in [3.63, 3.8) is 0 Å². The summed E-state index contributed by atoms with van der Waals surface area (Å²) in [6.07, 6.45) is 2.39. The van der Waals surface area contributed by atoms with E-state index in [1.807, 2.05) is 6.92 Å². The number of hydrogen-bond donors (Lipinski definition) is 0. The first-order chi connectivity index (χ1) is 6.72. The van der Waals surface area contributed by atoms with Crippen LogP contribution in [0, 0.1) is 16.7 Å². The van der Waals surface area contributed by atoms with Crippen molar-refractivity contribution in [1.29, 1.82) is 0 Å². The third-order valence-electron chi connectivity index (χ3n) is 5.04. The Hall–Kier alpha value is -0.530. The van der Waals surface area contributed by atoms with Crippen LogP contribution in [0.3, 0.4) is 0 Å². The van der Waals surface area contributed by atoms with E-state index in [2.05, 4.69) is 27.7 Å². The van der Waals surface area contributed by atoms with Crippen LogP contribution in [0.1, 0.15) is 54.4 Å². The molecule has 1 aliphatic rings. The summed E-state index contributed by atoms with van der Waals surface area (Å²) in [4.78, 5) is 11.0. The van der Waals surface area contributed by atoms with Gasteiger partial charge in [-0.15, -0.1) is 0 Å². The van der Waals surface area contributed by atoms with Crippen molar-refractivity contribution >= 4 is 5.97 Å². The predicted octanol–water partition coefficient (Wildman–Crippen LogP) is 3.40. The van der Waals surface area contributed by atoms with Gasteiger partial charge in [-0.1, -0.05) is 27.7 Å². The molecule has 0 amide bonds. The molecule has 0 aromatic rings. The molecule has 0 bridgehead atoms. The Kier molecular flexibility index (Phi) is 3.18. The molecule has 0 spiro atoms. The van der Waals surface area contributed by atoms with Gasteiger partial charge in [-0.2, -0.15) is 0 Å². The number of esters is 1. The molecule has 2 nitrogen and oxygen atoms in total. The number of carbonyl (C=O) groups is 1. The van der Waals surface area contributed by atoms with E-state index in [1.165, 1.54) is 13.3 Å². The summed E-state index contributed by atoms with van der Waals surface area (Å²) in [7, 11) is 0. The van der Waals surface area contributed by atoms with E-state index in [1.54, 1.807) is 0 Å². The lowest BCUT2D eigenvalue weighted by atomic mass is 9.63. The van der Waals surface area contributed by atoms with E-state index in [9.17, 15) is 4.79 Å². The molecule has 3 atom stereocenters. The van der Waals surface area contributed by atoms with Crippen LogP contribution in [0.5, 0.6) is 0 Å². The van der Waals surface area contributed by atoms with Crippen molar-refractivity contribution in [3.8, 4) is 0 Å². The summed E-state index contributed by atoms with van der Waals surface area (Å²) in [5.41, 5.74) is 0.347. The van der Waals surface area contributed by atoms with Gasteiger partial charge in [0.15, 0.2) is 0 Å². The van der Waals surface area contributed by atoms with E-state index >= 15 is 0 Å². The topological polar surface area (TPSA) is 26.3 Å². The SMILES string of the molecule is CC(=O)OC(C)C1(C)CCC(C)C1(C)C. The highest BCUT2D eigenvalue weighted by atomic mass is 16.5. The minimum atomic E-state index is -0.168. The molecule has 0 radical (unpaired) electrons. The molecule has 0 N–H and O–H groups in total. The highest BCUT2D eigenvalue weighted by Crippen LogP contribution is 2.57. The molecule has 1 fully saturated rings. The summed E-state index contributed by atoms with van der Waals surface area (Å²) >= 11 is 0. The zero-order chi connectivity index (χ0) is 11.9. The molecule has 15 heavy (non-hydrogen) atoms. The fraction of sp³-hybridized carbons (Fsp3) is 0.923. The minimum absolute atomic E-state index is 0.00921. The smallest absolute Gasteiger partial charge is 0.302 e. The van der Waals surface area contributed by atoms with Crippen LogP contribution in [-0.4, -0.2) is 12.1 Å². The Morgan fingerprint density at radius 2 is 1.93 bits per heavy atom. The van der Waals surface area contributed by atoms with Gasteiger partial charge in [0.2, 0.25) is 0 Å². The zero-order valence-electron chi connectivity index (χ0n) is 10.9. The quantitative estimate of drug-likeness (QED) is 0.656. The first-order valence-electron chi connectivity index (χ1n) is 5.89. The van der Waals surface area contributed by atoms with Crippen LogP contribution < -0.4 is 0 Å². The summed E-state index contributed by atoms with van der Waals surface area (Å²) in [5.74, 6) is 0.527. The van der Waals surface area contributed by atoms with Gasteiger partial charge in [-0.3, -0.25) is 4.79 Å². The van der Waals surface area contributed by atoms with Crippen molar-refractivity contribution in [3.05, 3.63) is 0 Å². The van der Waals surface area contributed by atoms with Gasteiger partial charge in [0, 0.05) is 12.3 Å². The van der Waals surface area contributed by atoms with E-state index in [-0.39, 0.29) is 22.9 Å². The molecule has 1 rings (SSSR count). The second-order valence-corrected chi connectivity index (χ2v) is 5.83. The van der Waals surface area contributed by atoms with Crippen molar-refractivity contribution in [1.82, 2.24) is 0 Å². The maximum atomic E-state index is 11.0. The van der Waals surface area contributed by atoms with E-state index in [0.29, 0.717) is 5.92 Å². The van der Waals surface area contributed by atoms with Crippen LogP contribution >= 0.6 is 0 Å². The summed E-state index contributed by atoms with van der Waals surface area (Å²) in [5, 5.41) is 0. The standard InChI is InChI=1S/C13H24O2/c1-9-7-8-13(6,12(9,4)5)10(2)15-11(3)14/h9-10H,7-8H2,1-6H3. The van der Waals surface area contributed by atoms with Gasteiger partial charge in [0.05, 0.1) is 0 Å². The molecule has 1 saturated carbocycles. The fourth-order valence-electron chi connectivity index (χ4n) is 2.87. The average Bonchev–Trinajstić information content (AvgIpc) is 2.29. The van der Waals surface area contributed by atoms with Gasteiger partial charge in [-0.05, 0) is 31.1 Å². The Balaban J connectivity index is 2.87. The third kappa shape index (κ3) is 1.91. The van der Waals surface area contributed by atoms with Gasteiger partial charge < -0.3 is 4.74 Å². The molecule has 0 heterocycles. The van der Waals surface area contributed by atoms with Crippen molar-refractivity contribution in [2.24, 2.45) is 16.7 Å². The zero-order valence-corrected chi connectivity index (χ0v) is 10.9. The molecule has 1 aliphatic carbocycles. The lowest BCUT2D eigenvalue weighted by Crippen LogP contribution is -2.43. The number of rotatable bonds is 2. The van der Waals surface area contributed by atoms with Gasteiger partial charge in [0.25, 0.3) is 0 Å². The van der Waals surface area contributed by atoms with E-state index in [0.717, 1.165) is 6.42 Å². The minimum Gasteiger partial charge on any atom is -0.462 e. The molecule has 0 aliphatic heterocycles. The van der Waals surface area contributed by atoms with E-state index < -0.39 is 0 Å². The Labute approximate surface area is 93.4 Å². The van der Waals surface area contributed by atoms with Gasteiger partial charge in [0.1, 0.15) is 6.10 Å². The lowest BCUT2D eigenvalue weighted by Gasteiger charge is -2.44. The van der Waals surface area contributed by atoms with Gasteiger partial charge in [-0.25, -0.2) is 0 Å². The molecule has 3 unspecified atom stereocenters. The van der Waals surface area contributed by atoms with Crippen LogP contribution in [0.25, 0.3) is 0 Å². The monoisotopic (exact) mass is 212 g/mol. The molecular formula is C13H24O2. The largest absolute Gasteiger partial charge is 0.462 e. The molecule has 0 aromatic carbocycles. The summed E-state index contributed by atoms with van der Waals surface area (Å²) in [6.45, 7) is 12.7. The highest BCUT2D eigenvalue weighted by Gasteiger charge is 2.53. The molecule has 0 aromatic heterocycles. The second-order valence-electron chi connectivity index (χ2n) is 5.83. The molecule has 0 saturated heterocycles. The van der Waals surface area contributed by atoms with Crippen molar-refractivity contribution in [2.75, 3.05) is 0 Å². The van der Waals surface area contributed by atoms with E-state index in [4.69, 9.17) is 4.74 Å². The highest BCUT2D eigenvalue weighted by molar-refractivity contribution is 5.66. The average molecular weight is 212 g/mol. The normalized spacial score (nSPS) is 36.3. The van der Waals surface area contributed by atoms with Crippen LogP contribution in [0.2, 0.25) is 0 Å². The maximum absolute atomic E-state index is 11.0. The summed E-state index contributed by atoms with van der Waals surface area (Å²) < 4.78 is 5.38. The summed E-state index contributed by atoms with van der Waals surface area (Å²) in [6, 6.07) is 0. The fourth-order valence-corrected chi connectivity index (χ4v) is 2.87. The first-order valence-corrected chi connectivity index (χ1v) is 5.89. The number of ether oxygens (including phenoxy) is 1. The third-order valence-corrected chi connectivity index (χ3v) is 5.04. The van der Waals surface area contributed by atoms with Crippen LogP contribution in [0.15, 0.2) is 0 Å². The lowest BCUT2D eigenvalue weighted by molar-refractivity contribution is -0.156. The Morgan fingerprint density at radius 1 is 1.40 bits per heavy atom. The van der Waals surface area contributed by atoms with Crippen LogP contribution in [0.4, 0.5) is 0 Å². The Morgan fingerprint density at radius 3 is 2.27 bits per heavy atom. The maximum Gasteiger partial charge on any atom is 0.302 e. The van der Waals surface area contributed by atoms with Crippen molar-refractivity contribution < 1.29 is 9.53 Å². The van der Waals surface area contributed by atoms with Crippen LogP contribution in [-0.2, 0) is 9.53 Å². The molecule has 88 valence electrons. The number of hydrogen-bond acceptors (Lipinski definition) is 2. The van der Waals surface area contributed by atoms with Gasteiger partial charge >= 0.3 is 5.97 Å². The molecule has 2 heteroatoms. The molecular weight excluding hydrogens is 188 g/mol. The predicted molar refractivity (Wildman–Crippen MR) is 61.5 cm³/mol. The second kappa shape index (κ2) is 3.80. The Bertz CT molecular complexity index is 257. The number of carbonyl (C=O) groups excluding carboxylic acids is 1.